The molecule has 0 amide bonds. The molecular formula is C13H14N4S. The molecular weight excluding hydrogens is 244 g/mol. The summed E-state index contributed by atoms with van der Waals surface area (Å²) in [7, 11) is 0. The number of rotatable bonds is 2. The van der Waals surface area contributed by atoms with Crippen molar-refractivity contribution in [3.63, 3.8) is 0 Å². The van der Waals surface area contributed by atoms with E-state index in [2.05, 4.69) is 33.9 Å². The molecule has 0 saturated carbocycles. The molecule has 18 heavy (non-hydrogen) atoms. The van der Waals surface area contributed by atoms with Gasteiger partial charge >= 0.3 is 0 Å². The standard InChI is InChI=1S/C12H10N2.CH4N2S/c1-3-7-11(8-4-1)13-14-12-9-5-2-6-10-12;2-1(3)4/h1-10H;(H4,2,3,4). The summed E-state index contributed by atoms with van der Waals surface area (Å²) in [5, 5.41) is 8.20. The van der Waals surface area contributed by atoms with Gasteiger partial charge in [-0.1, -0.05) is 36.4 Å². The molecule has 0 saturated heterocycles. The first-order valence-corrected chi connectivity index (χ1v) is 5.66. The normalized spacial score (nSPS) is 9.56. The molecule has 0 aromatic heterocycles. The van der Waals surface area contributed by atoms with Crippen molar-refractivity contribution in [3.05, 3.63) is 60.7 Å². The van der Waals surface area contributed by atoms with Crippen molar-refractivity contribution in [2.24, 2.45) is 21.7 Å². The largest absolute Gasteiger partial charge is 0.377 e. The third-order valence-corrected chi connectivity index (χ3v) is 1.79. The summed E-state index contributed by atoms with van der Waals surface area (Å²) in [6.07, 6.45) is 0. The highest BCUT2D eigenvalue weighted by atomic mass is 32.1. The highest BCUT2D eigenvalue weighted by Gasteiger charge is 1.86. The van der Waals surface area contributed by atoms with Crippen LogP contribution in [-0.4, -0.2) is 5.11 Å². The van der Waals surface area contributed by atoms with E-state index >= 15 is 0 Å². The van der Waals surface area contributed by atoms with Gasteiger partial charge in [-0.05, 0) is 36.5 Å². The number of nitrogens with two attached hydrogens (primary N) is 2. The molecule has 4 nitrogen and oxygen atoms in total. The second kappa shape index (κ2) is 7.92. The van der Waals surface area contributed by atoms with Crippen LogP contribution in [0.4, 0.5) is 11.4 Å². The maximum Gasteiger partial charge on any atom is 0.160 e. The maximum absolute atomic E-state index is 4.62. The Hall–Kier alpha value is -2.27. The zero-order valence-corrected chi connectivity index (χ0v) is 10.5. The van der Waals surface area contributed by atoms with Crippen LogP contribution in [0.25, 0.3) is 0 Å². The first-order chi connectivity index (χ1) is 8.68. The molecule has 5 heteroatoms. The Morgan fingerprint density at radius 2 is 1.00 bits per heavy atom. The minimum atomic E-state index is 0.000000000000000222. The summed E-state index contributed by atoms with van der Waals surface area (Å²) in [5.41, 5.74) is 11.0. The fourth-order valence-corrected chi connectivity index (χ4v) is 1.10. The zero-order valence-electron chi connectivity index (χ0n) is 9.73. The summed E-state index contributed by atoms with van der Waals surface area (Å²) in [5.74, 6) is 0. The molecule has 2 aromatic rings. The minimum absolute atomic E-state index is 0.000000000000000222. The summed E-state index contributed by atoms with van der Waals surface area (Å²) in [4.78, 5) is 0. The lowest BCUT2D eigenvalue weighted by atomic mass is 10.3. The number of thiocarbonyl (C=S) groups is 1. The van der Waals surface area contributed by atoms with Crippen molar-refractivity contribution >= 4 is 28.7 Å². The van der Waals surface area contributed by atoms with E-state index in [1.807, 2.05) is 60.7 Å². The monoisotopic (exact) mass is 258 g/mol. The highest BCUT2D eigenvalue weighted by Crippen LogP contribution is 2.16. The lowest BCUT2D eigenvalue weighted by Gasteiger charge is -1.91. The van der Waals surface area contributed by atoms with Crippen LogP contribution in [0.15, 0.2) is 70.9 Å². The molecule has 0 atom stereocenters. The van der Waals surface area contributed by atoms with Crippen LogP contribution in [-0.2, 0) is 0 Å². The average molecular weight is 258 g/mol. The molecule has 0 aliphatic carbocycles. The number of azo groups is 1. The fourth-order valence-electron chi connectivity index (χ4n) is 1.10. The van der Waals surface area contributed by atoms with Gasteiger partial charge in [-0.2, -0.15) is 10.2 Å². The Kier molecular flexibility index (Phi) is 6.07. The molecule has 0 aliphatic heterocycles. The Morgan fingerprint density at radius 3 is 1.28 bits per heavy atom. The predicted molar refractivity (Wildman–Crippen MR) is 78.0 cm³/mol. The molecule has 0 spiro atoms. The van der Waals surface area contributed by atoms with Gasteiger partial charge in [0, 0.05) is 0 Å². The molecule has 0 aliphatic rings. The third kappa shape index (κ3) is 6.34. The van der Waals surface area contributed by atoms with E-state index in [1.165, 1.54) is 0 Å². The van der Waals surface area contributed by atoms with Crippen LogP contribution in [0.1, 0.15) is 0 Å². The highest BCUT2D eigenvalue weighted by molar-refractivity contribution is 7.80. The SMILES string of the molecule is NC(N)=S.c1ccc(N=Nc2ccccc2)cc1. The first kappa shape index (κ1) is 13.8. The van der Waals surface area contributed by atoms with Crippen LogP contribution >= 0.6 is 12.2 Å². The van der Waals surface area contributed by atoms with Gasteiger partial charge in [0.05, 0.1) is 11.4 Å². The molecule has 2 aromatic carbocycles. The van der Waals surface area contributed by atoms with E-state index in [0.717, 1.165) is 11.4 Å². The lowest BCUT2D eigenvalue weighted by molar-refractivity contribution is 1.23. The van der Waals surface area contributed by atoms with E-state index in [9.17, 15) is 0 Å². The van der Waals surface area contributed by atoms with Gasteiger partial charge in [-0.15, -0.1) is 0 Å². The quantitative estimate of drug-likeness (QED) is 0.641. The Labute approximate surface area is 111 Å². The van der Waals surface area contributed by atoms with Crippen LogP contribution in [0.2, 0.25) is 0 Å². The van der Waals surface area contributed by atoms with E-state index in [1.54, 1.807) is 0 Å². The molecule has 92 valence electrons. The minimum Gasteiger partial charge on any atom is -0.377 e. The second-order valence-corrected chi connectivity index (χ2v) is 3.74. The maximum atomic E-state index is 4.62. The van der Waals surface area contributed by atoms with Gasteiger partial charge in [0.25, 0.3) is 0 Å². The third-order valence-electron chi connectivity index (χ3n) is 1.79. The Bertz CT molecular complexity index is 451. The summed E-state index contributed by atoms with van der Waals surface area (Å²) >= 11 is 4.09. The van der Waals surface area contributed by atoms with Crippen molar-refractivity contribution in [1.29, 1.82) is 0 Å². The molecule has 4 N–H and O–H groups in total. The molecule has 2 rings (SSSR count). The van der Waals surface area contributed by atoms with Crippen molar-refractivity contribution < 1.29 is 0 Å². The van der Waals surface area contributed by atoms with Crippen LogP contribution in [0.5, 0.6) is 0 Å². The van der Waals surface area contributed by atoms with Gasteiger partial charge in [0.1, 0.15) is 0 Å². The second-order valence-electron chi connectivity index (χ2n) is 3.27. The number of nitrogens with zero attached hydrogens (tertiary/aromatic N) is 2. The lowest BCUT2D eigenvalue weighted by Crippen LogP contribution is -2.18. The van der Waals surface area contributed by atoms with Gasteiger partial charge < -0.3 is 11.5 Å². The van der Waals surface area contributed by atoms with Crippen LogP contribution < -0.4 is 11.5 Å². The van der Waals surface area contributed by atoms with Gasteiger partial charge in [-0.25, -0.2) is 0 Å². The molecule has 0 unspecified atom stereocenters. The van der Waals surface area contributed by atoms with Crippen molar-refractivity contribution in [2.45, 2.75) is 0 Å². The first-order valence-electron chi connectivity index (χ1n) is 5.25. The summed E-state index contributed by atoms with van der Waals surface area (Å²) in [6, 6.07) is 19.4. The van der Waals surface area contributed by atoms with Gasteiger partial charge in [0.15, 0.2) is 5.11 Å². The van der Waals surface area contributed by atoms with Crippen LogP contribution in [0, 0.1) is 0 Å². The zero-order chi connectivity index (χ0) is 13.2. The van der Waals surface area contributed by atoms with Crippen molar-refractivity contribution in [3.8, 4) is 0 Å². The van der Waals surface area contributed by atoms with E-state index in [-0.39, 0.29) is 5.11 Å². The molecule has 0 bridgehead atoms. The predicted octanol–water partition coefficient (Wildman–Crippen LogP) is 3.29. The van der Waals surface area contributed by atoms with Gasteiger partial charge in [-0.3, -0.25) is 0 Å². The summed E-state index contributed by atoms with van der Waals surface area (Å²) < 4.78 is 0. The van der Waals surface area contributed by atoms with Crippen molar-refractivity contribution in [2.75, 3.05) is 0 Å². The fraction of sp³-hybridized carbons (Fsp3) is 0. The van der Waals surface area contributed by atoms with Crippen molar-refractivity contribution in [1.82, 2.24) is 0 Å². The van der Waals surface area contributed by atoms with E-state index < -0.39 is 0 Å². The van der Waals surface area contributed by atoms with E-state index in [4.69, 9.17) is 0 Å². The molecule has 0 fully saturated rings. The number of hydrogen-bond donors (Lipinski definition) is 2. The molecule has 0 radical (unpaired) electrons. The molecule has 0 heterocycles. The Balaban J connectivity index is 0.000000357. The van der Waals surface area contributed by atoms with Gasteiger partial charge in [0.2, 0.25) is 0 Å². The topological polar surface area (TPSA) is 76.8 Å². The number of hydrogen-bond acceptors (Lipinski definition) is 3. The summed E-state index contributed by atoms with van der Waals surface area (Å²) in [6.45, 7) is 0. The van der Waals surface area contributed by atoms with Crippen LogP contribution in [0.3, 0.4) is 0 Å². The Morgan fingerprint density at radius 1 is 0.722 bits per heavy atom. The average Bonchev–Trinajstić information content (AvgIpc) is 2.38. The van der Waals surface area contributed by atoms with E-state index in [0.29, 0.717) is 0 Å². The number of benzene rings is 2. The smallest absolute Gasteiger partial charge is 0.160 e.